The predicted molar refractivity (Wildman–Crippen MR) is 69.9 cm³/mol. The van der Waals surface area contributed by atoms with Gasteiger partial charge < -0.3 is 15.7 Å². The van der Waals surface area contributed by atoms with Crippen LogP contribution in [0.3, 0.4) is 0 Å². The molecule has 0 amide bonds. The number of pyridine rings is 1. The van der Waals surface area contributed by atoms with Crippen molar-refractivity contribution in [1.29, 1.82) is 0 Å². The molecule has 0 spiro atoms. The molecule has 4 heteroatoms. The van der Waals surface area contributed by atoms with E-state index < -0.39 is 0 Å². The largest absolute Gasteiger partial charge is 0.396 e. The minimum absolute atomic E-state index is 0.322. The number of hydrogen-bond acceptors (Lipinski definition) is 4. The Bertz CT molecular complexity index is 331. The molecule has 2 rings (SSSR count). The summed E-state index contributed by atoms with van der Waals surface area (Å²) in [6.07, 6.45) is 6.37. The highest BCUT2D eigenvalue weighted by Gasteiger charge is 2.18. The van der Waals surface area contributed by atoms with Gasteiger partial charge in [0.25, 0.3) is 0 Å². The van der Waals surface area contributed by atoms with Gasteiger partial charge in [0.2, 0.25) is 0 Å². The average Bonchev–Trinajstić information content (AvgIpc) is 2.38. The van der Waals surface area contributed by atoms with Gasteiger partial charge in [-0.05, 0) is 43.7 Å². The van der Waals surface area contributed by atoms with Crippen LogP contribution in [0, 0.1) is 5.92 Å². The molecule has 0 saturated carbocycles. The molecule has 1 aliphatic heterocycles. The maximum Gasteiger partial charge on any atom is 0.123 e. The molecule has 0 radical (unpaired) electrons. The number of aliphatic hydroxyl groups excluding tert-OH is 1. The number of piperidine rings is 1. The summed E-state index contributed by atoms with van der Waals surface area (Å²) in [5.41, 5.74) is 6.75. The molecule has 1 saturated heterocycles. The van der Waals surface area contributed by atoms with Gasteiger partial charge in [0.05, 0.1) is 11.9 Å². The third-order valence-corrected chi connectivity index (χ3v) is 3.52. The minimum atomic E-state index is 0.322. The molecule has 17 heavy (non-hydrogen) atoms. The summed E-state index contributed by atoms with van der Waals surface area (Å²) in [5.74, 6) is 1.35. The van der Waals surface area contributed by atoms with Crippen molar-refractivity contribution in [1.82, 2.24) is 4.98 Å². The highest BCUT2D eigenvalue weighted by atomic mass is 16.2. The number of anilines is 2. The summed E-state index contributed by atoms with van der Waals surface area (Å²) >= 11 is 0. The van der Waals surface area contributed by atoms with Gasteiger partial charge in [-0.3, -0.25) is 0 Å². The third kappa shape index (κ3) is 3.33. The van der Waals surface area contributed by atoms with Gasteiger partial charge in [-0.15, -0.1) is 0 Å². The lowest BCUT2D eigenvalue weighted by molar-refractivity contribution is 0.261. The van der Waals surface area contributed by atoms with Crippen molar-refractivity contribution in [3.8, 4) is 0 Å². The highest BCUT2D eigenvalue weighted by molar-refractivity contribution is 5.48. The van der Waals surface area contributed by atoms with Crippen molar-refractivity contribution < 1.29 is 5.11 Å². The van der Waals surface area contributed by atoms with Crippen molar-refractivity contribution in [2.75, 3.05) is 30.3 Å². The molecule has 4 nitrogen and oxygen atoms in total. The Morgan fingerprint density at radius 3 is 2.71 bits per heavy atom. The molecular weight excluding hydrogens is 214 g/mol. The molecule has 0 aromatic carbocycles. The van der Waals surface area contributed by atoms with Crippen molar-refractivity contribution in [3.63, 3.8) is 0 Å². The zero-order chi connectivity index (χ0) is 12.1. The lowest BCUT2D eigenvalue weighted by atomic mass is 9.92. The standard InChI is InChI=1S/C13H21N3O/c14-13-4-3-12(10-15-13)16-7-5-11(6-8-16)2-1-9-17/h3-4,10-11,17H,1-2,5-9H2,(H2,14,15). The number of hydrogen-bond donors (Lipinski definition) is 2. The SMILES string of the molecule is Nc1ccc(N2CCC(CCCO)CC2)cn1. The second-order valence-corrected chi connectivity index (χ2v) is 4.74. The van der Waals surface area contributed by atoms with Crippen LogP contribution < -0.4 is 10.6 Å². The third-order valence-electron chi connectivity index (χ3n) is 3.52. The second-order valence-electron chi connectivity index (χ2n) is 4.74. The zero-order valence-corrected chi connectivity index (χ0v) is 10.2. The van der Waals surface area contributed by atoms with E-state index >= 15 is 0 Å². The van der Waals surface area contributed by atoms with Gasteiger partial charge in [-0.25, -0.2) is 4.98 Å². The summed E-state index contributed by atoms with van der Waals surface area (Å²) in [4.78, 5) is 6.49. The highest BCUT2D eigenvalue weighted by Crippen LogP contribution is 2.25. The van der Waals surface area contributed by atoms with Gasteiger partial charge in [-0.1, -0.05) is 0 Å². The Kier molecular flexibility index (Phi) is 4.20. The summed E-state index contributed by atoms with van der Waals surface area (Å²) < 4.78 is 0. The van der Waals surface area contributed by atoms with E-state index in [1.54, 1.807) is 0 Å². The Labute approximate surface area is 102 Å². The molecule has 0 aliphatic carbocycles. The fourth-order valence-electron chi connectivity index (χ4n) is 2.44. The molecule has 1 fully saturated rings. The fourth-order valence-corrected chi connectivity index (χ4v) is 2.44. The van der Waals surface area contributed by atoms with E-state index in [1.807, 2.05) is 18.3 Å². The topological polar surface area (TPSA) is 62.4 Å². The first kappa shape index (κ1) is 12.2. The first-order chi connectivity index (χ1) is 8.29. The smallest absolute Gasteiger partial charge is 0.123 e. The van der Waals surface area contributed by atoms with Crippen LogP contribution in [-0.4, -0.2) is 29.8 Å². The molecular formula is C13H21N3O. The normalized spacial score (nSPS) is 17.4. The van der Waals surface area contributed by atoms with Gasteiger partial charge in [0, 0.05) is 19.7 Å². The summed E-state index contributed by atoms with van der Waals surface area (Å²) in [6.45, 7) is 2.49. The Balaban J connectivity index is 1.84. The monoisotopic (exact) mass is 235 g/mol. The van der Waals surface area contributed by atoms with Gasteiger partial charge in [0.1, 0.15) is 5.82 Å². The van der Waals surface area contributed by atoms with Crippen LogP contribution in [0.5, 0.6) is 0 Å². The number of rotatable bonds is 4. The number of aliphatic hydroxyl groups is 1. The molecule has 1 aliphatic rings. The van der Waals surface area contributed by atoms with Crippen LogP contribution in [0.1, 0.15) is 25.7 Å². The van der Waals surface area contributed by atoms with Gasteiger partial charge in [-0.2, -0.15) is 0 Å². The zero-order valence-electron chi connectivity index (χ0n) is 10.2. The summed E-state index contributed by atoms with van der Waals surface area (Å²) in [7, 11) is 0. The Morgan fingerprint density at radius 1 is 1.35 bits per heavy atom. The van der Waals surface area contributed by atoms with Gasteiger partial charge in [0.15, 0.2) is 0 Å². The van der Waals surface area contributed by atoms with Gasteiger partial charge >= 0.3 is 0 Å². The minimum Gasteiger partial charge on any atom is -0.396 e. The lowest BCUT2D eigenvalue weighted by Crippen LogP contribution is -2.33. The van der Waals surface area contributed by atoms with E-state index in [1.165, 1.54) is 18.5 Å². The Hall–Kier alpha value is -1.29. The molecule has 3 N–H and O–H groups in total. The van der Waals surface area contributed by atoms with Crippen molar-refractivity contribution >= 4 is 11.5 Å². The quantitative estimate of drug-likeness (QED) is 0.833. The van der Waals surface area contributed by atoms with E-state index in [9.17, 15) is 0 Å². The van der Waals surface area contributed by atoms with Crippen LogP contribution in [-0.2, 0) is 0 Å². The Morgan fingerprint density at radius 2 is 2.12 bits per heavy atom. The maximum absolute atomic E-state index is 8.82. The number of nitrogen functional groups attached to an aromatic ring is 1. The van der Waals surface area contributed by atoms with Crippen molar-refractivity contribution in [2.24, 2.45) is 5.92 Å². The van der Waals surface area contributed by atoms with E-state index in [2.05, 4.69) is 9.88 Å². The van der Waals surface area contributed by atoms with Crippen LogP contribution in [0.4, 0.5) is 11.5 Å². The fraction of sp³-hybridized carbons (Fsp3) is 0.615. The molecule has 1 aromatic rings. The number of nitrogens with zero attached hydrogens (tertiary/aromatic N) is 2. The summed E-state index contributed by atoms with van der Waals surface area (Å²) in [5, 5.41) is 8.82. The molecule has 94 valence electrons. The van der Waals surface area contributed by atoms with Crippen LogP contribution in [0.15, 0.2) is 18.3 Å². The lowest BCUT2D eigenvalue weighted by Gasteiger charge is -2.33. The first-order valence-electron chi connectivity index (χ1n) is 6.37. The van der Waals surface area contributed by atoms with Crippen LogP contribution in [0.25, 0.3) is 0 Å². The number of nitrogens with two attached hydrogens (primary N) is 1. The van der Waals surface area contributed by atoms with E-state index in [4.69, 9.17) is 10.8 Å². The summed E-state index contributed by atoms with van der Waals surface area (Å²) in [6, 6.07) is 3.89. The van der Waals surface area contributed by atoms with E-state index in [0.717, 1.165) is 31.8 Å². The molecule has 0 atom stereocenters. The average molecular weight is 235 g/mol. The van der Waals surface area contributed by atoms with E-state index in [-0.39, 0.29) is 0 Å². The molecule has 1 aromatic heterocycles. The van der Waals surface area contributed by atoms with E-state index in [0.29, 0.717) is 12.4 Å². The molecule has 2 heterocycles. The first-order valence-corrected chi connectivity index (χ1v) is 6.37. The molecule has 0 unspecified atom stereocenters. The second kappa shape index (κ2) is 5.87. The maximum atomic E-state index is 8.82. The van der Waals surface area contributed by atoms with Crippen LogP contribution in [0.2, 0.25) is 0 Å². The number of aromatic nitrogens is 1. The van der Waals surface area contributed by atoms with Crippen molar-refractivity contribution in [3.05, 3.63) is 18.3 Å². The predicted octanol–water partition coefficient (Wildman–Crippen LogP) is 1.65. The van der Waals surface area contributed by atoms with Crippen LogP contribution >= 0.6 is 0 Å². The molecule has 0 bridgehead atoms. The van der Waals surface area contributed by atoms with Crippen molar-refractivity contribution in [2.45, 2.75) is 25.7 Å².